The predicted octanol–water partition coefficient (Wildman–Crippen LogP) is 3.64. The summed E-state index contributed by atoms with van der Waals surface area (Å²) >= 11 is 7.16. The summed E-state index contributed by atoms with van der Waals surface area (Å²) in [5, 5.41) is 12.8. The molecule has 5 nitrogen and oxygen atoms in total. The molecule has 2 aromatic rings. The Labute approximate surface area is 130 Å². The Balaban J connectivity index is 2.26. The van der Waals surface area contributed by atoms with Crippen LogP contribution in [-0.2, 0) is 9.59 Å². The summed E-state index contributed by atoms with van der Waals surface area (Å²) in [5.41, 5.74) is 0.0259. The molecular weight excluding hydrogens is 312 g/mol. The summed E-state index contributed by atoms with van der Waals surface area (Å²) in [5.74, 6) is -2.86. The first-order valence-electron chi connectivity index (χ1n) is 6.28. The van der Waals surface area contributed by atoms with Gasteiger partial charge >= 0.3 is 5.97 Å². The van der Waals surface area contributed by atoms with Crippen molar-refractivity contribution in [2.24, 2.45) is 11.3 Å². The summed E-state index contributed by atoms with van der Waals surface area (Å²) in [6.45, 7) is 5.14. The number of aliphatic carboxylic acids is 1. The molecule has 2 rings (SSSR count). The maximum Gasteiger partial charge on any atom is 0.316 e. The SMILES string of the molecule is CC(C)(C)C(C(=O)O)C(=O)Nc1nc2ccc(Cl)cc2s1. The van der Waals surface area contributed by atoms with E-state index in [1.807, 2.05) is 0 Å². The highest BCUT2D eigenvalue weighted by molar-refractivity contribution is 7.22. The first-order chi connectivity index (χ1) is 9.68. The lowest BCUT2D eigenvalue weighted by atomic mass is 9.80. The van der Waals surface area contributed by atoms with Crippen molar-refractivity contribution >= 4 is 50.2 Å². The Morgan fingerprint density at radius 2 is 2.05 bits per heavy atom. The fraction of sp³-hybridized carbons (Fsp3) is 0.357. The first-order valence-corrected chi connectivity index (χ1v) is 7.47. The number of hydrogen-bond acceptors (Lipinski definition) is 4. The van der Waals surface area contributed by atoms with E-state index >= 15 is 0 Å². The number of carboxylic acid groups (broad SMARTS) is 1. The molecule has 0 bridgehead atoms. The molecule has 1 aromatic heterocycles. The van der Waals surface area contributed by atoms with Crippen LogP contribution < -0.4 is 5.32 Å². The highest BCUT2D eigenvalue weighted by Crippen LogP contribution is 2.31. The summed E-state index contributed by atoms with van der Waals surface area (Å²) in [6.07, 6.45) is 0. The van der Waals surface area contributed by atoms with Gasteiger partial charge in [0.1, 0.15) is 5.92 Å². The second-order valence-corrected chi connectivity index (χ2v) is 7.22. The van der Waals surface area contributed by atoms with Crippen LogP contribution in [0.15, 0.2) is 18.2 Å². The maximum absolute atomic E-state index is 12.2. The quantitative estimate of drug-likeness (QED) is 0.844. The Hall–Kier alpha value is -1.66. The number of carbonyl (C=O) groups excluding carboxylic acids is 1. The molecule has 1 atom stereocenters. The van der Waals surface area contributed by atoms with Gasteiger partial charge in [0.05, 0.1) is 10.2 Å². The zero-order chi connectivity index (χ0) is 15.8. The number of benzene rings is 1. The molecule has 0 saturated heterocycles. The van der Waals surface area contributed by atoms with Crippen LogP contribution in [0.1, 0.15) is 20.8 Å². The molecule has 2 N–H and O–H groups in total. The molecule has 0 spiro atoms. The summed E-state index contributed by atoms with van der Waals surface area (Å²) in [6, 6.07) is 5.22. The predicted molar refractivity (Wildman–Crippen MR) is 83.8 cm³/mol. The lowest BCUT2D eigenvalue weighted by molar-refractivity contribution is -0.149. The monoisotopic (exact) mass is 326 g/mol. The number of hydrogen-bond donors (Lipinski definition) is 2. The minimum atomic E-state index is -1.15. The van der Waals surface area contributed by atoms with E-state index in [4.69, 9.17) is 11.6 Å². The smallest absolute Gasteiger partial charge is 0.316 e. The Morgan fingerprint density at radius 3 is 2.62 bits per heavy atom. The molecule has 21 heavy (non-hydrogen) atoms. The third-order valence-corrected chi connectivity index (χ3v) is 4.12. The number of aromatic nitrogens is 1. The van der Waals surface area contributed by atoms with Crippen molar-refractivity contribution in [3.05, 3.63) is 23.2 Å². The minimum Gasteiger partial charge on any atom is -0.481 e. The van der Waals surface area contributed by atoms with E-state index in [-0.39, 0.29) is 0 Å². The van der Waals surface area contributed by atoms with E-state index in [9.17, 15) is 14.7 Å². The molecule has 0 aliphatic rings. The van der Waals surface area contributed by atoms with Gasteiger partial charge in [0.15, 0.2) is 5.13 Å². The van der Waals surface area contributed by atoms with E-state index in [1.54, 1.807) is 39.0 Å². The van der Waals surface area contributed by atoms with Crippen LogP contribution in [0, 0.1) is 11.3 Å². The molecule has 0 fully saturated rings. The third kappa shape index (κ3) is 3.51. The molecule has 0 saturated carbocycles. The molecule has 0 aliphatic carbocycles. The Kier molecular flexibility index (Phi) is 4.20. The van der Waals surface area contributed by atoms with Crippen molar-refractivity contribution < 1.29 is 14.7 Å². The minimum absolute atomic E-state index is 0.368. The van der Waals surface area contributed by atoms with Gasteiger partial charge in [-0.3, -0.25) is 9.59 Å². The standard InChI is InChI=1S/C14H15ClN2O3S/c1-14(2,3)10(12(19)20)11(18)17-13-16-8-5-4-7(15)6-9(8)21-13/h4-6,10H,1-3H3,(H,19,20)(H,16,17,18). The van der Waals surface area contributed by atoms with Crippen LogP contribution >= 0.6 is 22.9 Å². The molecule has 0 aliphatic heterocycles. The number of amides is 1. The number of fused-ring (bicyclic) bond motifs is 1. The molecule has 1 amide bonds. The normalized spacial score (nSPS) is 13.1. The van der Waals surface area contributed by atoms with Crippen LogP contribution in [0.5, 0.6) is 0 Å². The van der Waals surface area contributed by atoms with E-state index in [0.717, 1.165) is 4.70 Å². The molecule has 1 aromatic carbocycles. The second-order valence-electron chi connectivity index (χ2n) is 5.76. The van der Waals surface area contributed by atoms with Crippen molar-refractivity contribution in [3.63, 3.8) is 0 Å². The summed E-state index contributed by atoms with van der Waals surface area (Å²) in [4.78, 5) is 27.7. The lowest BCUT2D eigenvalue weighted by Crippen LogP contribution is -2.39. The fourth-order valence-electron chi connectivity index (χ4n) is 2.01. The number of halogens is 1. The molecule has 1 unspecified atom stereocenters. The van der Waals surface area contributed by atoms with E-state index in [1.165, 1.54) is 11.3 Å². The number of carbonyl (C=O) groups is 2. The molecule has 1 heterocycles. The molecular formula is C14H15ClN2O3S. The number of nitrogens with one attached hydrogen (secondary N) is 1. The first kappa shape index (κ1) is 15.7. The van der Waals surface area contributed by atoms with Crippen molar-refractivity contribution in [2.45, 2.75) is 20.8 Å². The largest absolute Gasteiger partial charge is 0.481 e. The zero-order valence-corrected chi connectivity index (χ0v) is 13.4. The van der Waals surface area contributed by atoms with Crippen LogP contribution in [0.25, 0.3) is 10.2 Å². The lowest BCUT2D eigenvalue weighted by Gasteiger charge is -2.25. The van der Waals surface area contributed by atoms with Crippen molar-refractivity contribution in [2.75, 3.05) is 5.32 Å². The van der Waals surface area contributed by atoms with Crippen LogP contribution in [0.4, 0.5) is 5.13 Å². The Bertz CT molecular complexity index is 706. The molecule has 7 heteroatoms. The topological polar surface area (TPSA) is 79.3 Å². The number of carboxylic acids is 1. The van der Waals surface area contributed by atoms with Crippen LogP contribution in [-0.4, -0.2) is 22.0 Å². The molecule has 0 radical (unpaired) electrons. The van der Waals surface area contributed by atoms with Gasteiger partial charge in [0.2, 0.25) is 5.91 Å². The van der Waals surface area contributed by atoms with E-state index in [2.05, 4.69) is 10.3 Å². The zero-order valence-electron chi connectivity index (χ0n) is 11.8. The van der Waals surface area contributed by atoms with E-state index < -0.39 is 23.2 Å². The van der Waals surface area contributed by atoms with Crippen molar-refractivity contribution in [1.82, 2.24) is 4.98 Å². The number of thiazole rings is 1. The van der Waals surface area contributed by atoms with Gasteiger partial charge in [-0.05, 0) is 23.6 Å². The van der Waals surface area contributed by atoms with Crippen molar-refractivity contribution in [3.8, 4) is 0 Å². The van der Waals surface area contributed by atoms with Gasteiger partial charge in [-0.2, -0.15) is 0 Å². The Morgan fingerprint density at radius 1 is 1.38 bits per heavy atom. The molecule has 112 valence electrons. The van der Waals surface area contributed by atoms with Crippen LogP contribution in [0.2, 0.25) is 5.02 Å². The van der Waals surface area contributed by atoms with Gasteiger partial charge in [0.25, 0.3) is 0 Å². The van der Waals surface area contributed by atoms with Crippen molar-refractivity contribution in [1.29, 1.82) is 0 Å². The second kappa shape index (κ2) is 5.61. The summed E-state index contributed by atoms with van der Waals surface area (Å²) in [7, 11) is 0. The average Bonchev–Trinajstić information content (AvgIpc) is 2.67. The highest BCUT2D eigenvalue weighted by atomic mass is 35.5. The third-order valence-electron chi connectivity index (χ3n) is 2.96. The van der Waals surface area contributed by atoms with Crippen LogP contribution in [0.3, 0.4) is 0 Å². The highest BCUT2D eigenvalue weighted by Gasteiger charge is 2.38. The maximum atomic E-state index is 12.2. The van der Waals surface area contributed by atoms with Gasteiger partial charge in [-0.25, -0.2) is 4.98 Å². The van der Waals surface area contributed by atoms with E-state index in [0.29, 0.717) is 15.7 Å². The average molecular weight is 327 g/mol. The van der Waals surface area contributed by atoms with Gasteiger partial charge in [-0.15, -0.1) is 0 Å². The number of anilines is 1. The summed E-state index contributed by atoms with van der Waals surface area (Å²) < 4.78 is 0.834. The fourth-order valence-corrected chi connectivity index (χ4v) is 3.15. The number of nitrogens with zero attached hydrogens (tertiary/aromatic N) is 1. The van der Waals surface area contributed by atoms with Gasteiger partial charge in [0, 0.05) is 5.02 Å². The van der Waals surface area contributed by atoms with Gasteiger partial charge in [-0.1, -0.05) is 43.7 Å². The van der Waals surface area contributed by atoms with Gasteiger partial charge < -0.3 is 10.4 Å². The number of rotatable bonds is 3.